The van der Waals surface area contributed by atoms with Crippen LogP contribution in [0.15, 0.2) is 24.3 Å². The summed E-state index contributed by atoms with van der Waals surface area (Å²) >= 11 is 0. The van der Waals surface area contributed by atoms with Gasteiger partial charge in [0.25, 0.3) is 5.91 Å². The molecule has 0 aliphatic carbocycles. The zero-order valence-electron chi connectivity index (χ0n) is 9.80. The molecule has 18 heavy (non-hydrogen) atoms. The summed E-state index contributed by atoms with van der Waals surface area (Å²) < 4.78 is 0. The SMILES string of the molecule is NC(=O)c1ccccc1N1CCC(N)(C(=O)O)C1. The van der Waals surface area contributed by atoms with Crippen molar-refractivity contribution < 1.29 is 14.7 Å². The molecule has 5 N–H and O–H groups in total. The van der Waals surface area contributed by atoms with Gasteiger partial charge in [0.1, 0.15) is 5.54 Å². The van der Waals surface area contributed by atoms with Crippen LogP contribution in [0.1, 0.15) is 16.8 Å². The number of anilines is 1. The van der Waals surface area contributed by atoms with Crippen LogP contribution in [0.3, 0.4) is 0 Å². The first-order valence-corrected chi connectivity index (χ1v) is 5.60. The first-order chi connectivity index (χ1) is 8.44. The first kappa shape index (κ1) is 12.4. The molecule has 1 aromatic rings. The van der Waals surface area contributed by atoms with Crippen molar-refractivity contribution in [1.29, 1.82) is 0 Å². The number of nitrogens with two attached hydrogens (primary N) is 2. The van der Waals surface area contributed by atoms with Gasteiger partial charge in [0, 0.05) is 18.8 Å². The maximum atomic E-state index is 11.3. The van der Waals surface area contributed by atoms with Crippen LogP contribution < -0.4 is 16.4 Å². The minimum atomic E-state index is -1.26. The highest BCUT2D eigenvalue weighted by Gasteiger charge is 2.41. The summed E-state index contributed by atoms with van der Waals surface area (Å²) in [6.45, 7) is 0.666. The quantitative estimate of drug-likeness (QED) is 0.686. The molecule has 1 fully saturated rings. The summed E-state index contributed by atoms with van der Waals surface area (Å²) in [4.78, 5) is 24.2. The van der Waals surface area contributed by atoms with Crippen LogP contribution in [0.2, 0.25) is 0 Å². The highest BCUT2D eigenvalue weighted by Crippen LogP contribution is 2.28. The topological polar surface area (TPSA) is 110 Å². The summed E-state index contributed by atoms with van der Waals surface area (Å²) in [6, 6.07) is 6.86. The van der Waals surface area contributed by atoms with E-state index in [1.54, 1.807) is 29.2 Å². The smallest absolute Gasteiger partial charge is 0.325 e. The average Bonchev–Trinajstić information content (AvgIpc) is 2.73. The van der Waals surface area contributed by atoms with E-state index >= 15 is 0 Å². The van der Waals surface area contributed by atoms with Crippen LogP contribution in [0.4, 0.5) is 5.69 Å². The van der Waals surface area contributed by atoms with Gasteiger partial charge in [-0.1, -0.05) is 12.1 Å². The molecule has 6 heteroatoms. The van der Waals surface area contributed by atoms with Gasteiger partial charge in [-0.25, -0.2) is 0 Å². The van der Waals surface area contributed by atoms with Gasteiger partial charge in [-0.15, -0.1) is 0 Å². The molecule has 0 saturated carbocycles. The number of aliphatic carboxylic acids is 1. The minimum Gasteiger partial charge on any atom is -0.480 e. The number of nitrogens with zero attached hydrogens (tertiary/aromatic N) is 1. The largest absolute Gasteiger partial charge is 0.480 e. The van der Waals surface area contributed by atoms with E-state index in [9.17, 15) is 9.59 Å². The van der Waals surface area contributed by atoms with Crippen molar-refractivity contribution in [2.45, 2.75) is 12.0 Å². The maximum absolute atomic E-state index is 11.3. The number of carboxylic acids is 1. The molecular weight excluding hydrogens is 234 g/mol. The average molecular weight is 249 g/mol. The van der Waals surface area contributed by atoms with E-state index in [0.717, 1.165) is 0 Å². The number of amides is 1. The maximum Gasteiger partial charge on any atom is 0.325 e. The fourth-order valence-corrected chi connectivity index (χ4v) is 2.17. The highest BCUT2D eigenvalue weighted by molar-refractivity contribution is 5.99. The van der Waals surface area contributed by atoms with E-state index < -0.39 is 17.4 Å². The summed E-state index contributed by atoms with van der Waals surface area (Å²) in [6.07, 6.45) is 0.343. The summed E-state index contributed by atoms with van der Waals surface area (Å²) in [5, 5.41) is 9.07. The standard InChI is InChI=1S/C12H15N3O3/c13-10(16)8-3-1-2-4-9(8)15-6-5-12(14,7-15)11(17)18/h1-4H,5-7,14H2,(H2,13,16)(H,17,18). The van der Waals surface area contributed by atoms with Gasteiger partial charge in [0.05, 0.1) is 5.56 Å². The molecule has 2 rings (SSSR count). The van der Waals surface area contributed by atoms with Crippen molar-refractivity contribution in [2.24, 2.45) is 11.5 Å². The van der Waals surface area contributed by atoms with Gasteiger partial charge in [-0.3, -0.25) is 9.59 Å². The predicted molar refractivity (Wildman–Crippen MR) is 66.3 cm³/mol. The Morgan fingerprint density at radius 2 is 2.00 bits per heavy atom. The molecule has 1 aliphatic rings. The Hall–Kier alpha value is -2.08. The molecule has 6 nitrogen and oxygen atoms in total. The Kier molecular flexibility index (Phi) is 2.96. The number of benzene rings is 1. The lowest BCUT2D eigenvalue weighted by Crippen LogP contribution is -2.50. The lowest BCUT2D eigenvalue weighted by molar-refractivity contribution is -0.142. The summed E-state index contributed by atoms with van der Waals surface area (Å²) in [7, 11) is 0. The number of rotatable bonds is 3. The van der Waals surface area contributed by atoms with Gasteiger partial charge < -0.3 is 21.5 Å². The molecular formula is C12H15N3O3. The van der Waals surface area contributed by atoms with Crippen LogP contribution in [-0.4, -0.2) is 35.6 Å². The van der Waals surface area contributed by atoms with E-state index in [1.807, 2.05) is 0 Å². The van der Waals surface area contributed by atoms with Gasteiger partial charge in [0.2, 0.25) is 0 Å². The molecule has 0 aromatic heterocycles. The predicted octanol–water partition coefficient (Wildman–Crippen LogP) is -0.222. The third-order valence-corrected chi connectivity index (χ3v) is 3.24. The van der Waals surface area contributed by atoms with E-state index in [-0.39, 0.29) is 6.54 Å². The van der Waals surface area contributed by atoms with Crippen LogP contribution in [0, 0.1) is 0 Å². The number of carboxylic acid groups (broad SMARTS) is 1. The Morgan fingerprint density at radius 1 is 1.33 bits per heavy atom. The van der Waals surface area contributed by atoms with Crippen molar-refractivity contribution in [3.63, 3.8) is 0 Å². The highest BCUT2D eigenvalue weighted by atomic mass is 16.4. The molecule has 1 amide bonds. The van der Waals surface area contributed by atoms with Gasteiger partial charge >= 0.3 is 5.97 Å². The van der Waals surface area contributed by atoms with Crippen molar-refractivity contribution in [3.05, 3.63) is 29.8 Å². The monoisotopic (exact) mass is 249 g/mol. The van der Waals surface area contributed by atoms with Crippen molar-refractivity contribution in [1.82, 2.24) is 0 Å². The molecule has 1 aromatic carbocycles. The molecule has 96 valence electrons. The number of hydrogen-bond acceptors (Lipinski definition) is 4. The van der Waals surface area contributed by atoms with Crippen LogP contribution in [0.5, 0.6) is 0 Å². The van der Waals surface area contributed by atoms with E-state index in [4.69, 9.17) is 16.6 Å². The number of primary amides is 1. The second-order valence-electron chi connectivity index (χ2n) is 4.51. The molecule has 1 unspecified atom stereocenters. The molecule has 1 atom stereocenters. The molecule has 0 radical (unpaired) electrons. The van der Waals surface area contributed by atoms with E-state index in [1.165, 1.54) is 0 Å². The molecule has 0 bridgehead atoms. The third kappa shape index (κ3) is 2.02. The van der Waals surface area contributed by atoms with Gasteiger partial charge in [-0.05, 0) is 18.6 Å². The lowest BCUT2D eigenvalue weighted by Gasteiger charge is -2.23. The van der Waals surface area contributed by atoms with Crippen molar-refractivity contribution >= 4 is 17.6 Å². The minimum absolute atomic E-state index is 0.173. The van der Waals surface area contributed by atoms with Crippen molar-refractivity contribution in [2.75, 3.05) is 18.0 Å². The summed E-state index contributed by atoms with van der Waals surface area (Å²) in [5.41, 5.74) is 10.9. The normalized spacial score (nSPS) is 23.1. The fourth-order valence-electron chi connectivity index (χ4n) is 2.17. The third-order valence-electron chi connectivity index (χ3n) is 3.24. The van der Waals surface area contributed by atoms with Crippen LogP contribution >= 0.6 is 0 Å². The first-order valence-electron chi connectivity index (χ1n) is 5.60. The Balaban J connectivity index is 2.30. The lowest BCUT2D eigenvalue weighted by atomic mass is 10.0. The van der Waals surface area contributed by atoms with E-state index in [0.29, 0.717) is 24.2 Å². The van der Waals surface area contributed by atoms with Crippen LogP contribution in [-0.2, 0) is 4.79 Å². The summed E-state index contributed by atoms with van der Waals surface area (Å²) in [5.74, 6) is -1.56. The molecule has 0 spiro atoms. The second-order valence-corrected chi connectivity index (χ2v) is 4.51. The Labute approximate surface area is 104 Å². The number of carbonyl (C=O) groups excluding carboxylic acids is 1. The van der Waals surface area contributed by atoms with Gasteiger partial charge in [0.15, 0.2) is 0 Å². The molecule has 1 aliphatic heterocycles. The fraction of sp³-hybridized carbons (Fsp3) is 0.333. The second kappa shape index (κ2) is 4.30. The molecule has 1 heterocycles. The van der Waals surface area contributed by atoms with E-state index in [2.05, 4.69) is 0 Å². The van der Waals surface area contributed by atoms with Crippen molar-refractivity contribution in [3.8, 4) is 0 Å². The number of hydrogen-bond donors (Lipinski definition) is 3. The number of carbonyl (C=O) groups is 2. The van der Waals surface area contributed by atoms with Crippen LogP contribution in [0.25, 0.3) is 0 Å². The zero-order valence-corrected chi connectivity index (χ0v) is 9.80. The Morgan fingerprint density at radius 3 is 2.56 bits per heavy atom. The Bertz CT molecular complexity index is 503. The molecule has 1 saturated heterocycles. The zero-order chi connectivity index (χ0) is 13.3. The number of para-hydroxylation sites is 1. The van der Waals surface area contributed by atoms with Gasteiger partial charge in [-0.2, -0.15) is 0 Å².